The molecule has 2 aliphatic rings. The van der Waals surface area contributed by atoms with Crippen molar-refractivity contribution in [2.75, 3.05) is 24.6 Å². The van der Waals surface area contributed by atoms with E-state index in [4.69, 9.17) is 0 Å². The molecule has 0 unspecified atom stereocenters. The highest BCUT2D eigenvalue weighted by Gasteiger charge is 2.57. The van der Waals surface area contributed by atoms with Crippen molar-refractivity contribution in [3.8, 4) is 0 Å². The minimum Gasteiger partial charge on any atom is -0.337 e. The first-order valence-corrected chi connectivity index (χ1v) is 9.01. The highest BCUT2D eigenvalue weighted by Crippen LogP contribution is 2.42. The van der Waals surface area contributed by atoms with E-state index in [-0.39, 0.29) is 28.7 Å². The molecule has 1 aromatic rings. The van der Waals surface area contributed by atoms with Crippen LogP contribution in [-0.4, -0.2) is 48.8 Å². The van der Waals surface area contributed by atoms with Gasteiger partial charge in [-0.15, -0.1) is 0 Å². The largest absolute Gasteiger partial charge is 0.337 e. The van der Waals surface area contributed by atoms with E-state index in [0.29, 0.717) is 18.7 Å². The number of nitrogens with zero attached hydrogens (tertiary/aromatic N) is 2. The Balaban J connectivity index is 1.76. The Bertz CT molecular complexity index is 690. The molecule has 0 N–H and O–H groups in total. The summed E-state index contributed by atoms with van der Waals surface area (Å²) in [4.78, 5) is 18.8. The fourth-order valence-electron chi connectivity index (χ4n) is 3.35. The van der Waals surface area contributed by atoms with E-state index >= 15 is 0 Å². The zero-order valence-electron chi connectivity index (χ0n) is 12.6. The van der Waals surface area contributed by atoms with Crippen LogP contribution in [0.4, 0.5) is 0 Å². The maximum absolute atomic E-state index is 12.6. The second-order valence-corrected chi connectivity index (χ2v) is 8.80. The predicted molar refractivity (Wildman–Crippen MR) is 80.1 cm³/mol. The molecule has 21 heavy (non-hydrogen) atoms. The van der Waals surface area contributed by atoms with Gasteiger partial charge in [-0.2, -0.15) is 0 Å². The van der Waals surface area contributed by atoms with E-state index in [9.17, 15) is 13.2 Å². The minimum absolute atomic E-state index is 0.0267. The molecule has 0 aliphatic carbocycles. The highest BCUT2D eigenvalue weighted by atomic mass is 32.2. The average Bonchev–Trinajstić information content (AvgIpc) is 2.31. The number of carbonyl (C=O) groups is 1. The minimum atomic E-state index is -2.84. The number of carbonyl (C=O) groups excluding carboxylic acids is 1. The van der Waals surface area contributed by atoms with Gasteiger partial charge in [-0.3, -0.25) is 9.78 Å². The Labute approximate surface area is 125 Å². The van der Waals surface area contributed by atoms with Gasteiger partial charge in [0, 0.05) is 24.2 Å². The first-order chi connectivity index (χ1) is 9.71. The van der Waals surface area contributed by atoms with Crippen LogP contribution in [-0.2, 0) is 9.84 Å². The summed E-state index contributed by atoms with van der Waals surface area (Å²) in [6.07, 6.45) is 0. The number of aromatic nitrogens is 1. The van der Waals surface area contributed by atoms with Crippen LogP contribution >= 0.6 is 0 Å². The van der Waals surface area contributed by atoms with E-state index in [1.165, 1.54) is 0 Å². The number of rotatable bonds is 2. The lowest BCUT2D eigenvalue weighted by atomic mass is 9.82. The van der Waals surface area contributed by atoms with Crippen LogP contribution in [0.5, 0.6) is 0 Å². The van der Waals surface area contributed by atoms with Gasteiger partial charge in [0.1, 0.15) is 0 Å². The van der Waals surface area contributed by atoms with Gasteiger partial charge in [-0.05, 0) is 25.0 Å². The second kappa shape index (κ2) is 4.53. The van der Waals surface area contributed by atoms with Crippen molar-refractivity contribution in [1.82, 2.24) is 9.88 Å². The van der Waals surface area contributed by atoms with E-state index in [1.807, 2.05) is 32.9 Å². The summed E-state index contributed by atoms with van der Waals surface area (Å²) in [5, 5.41) is 0. The normalized spacial score (nSPS) is 22.0. The molecule has 0 atom stereocenters. The van der Waals surface area contributed by atoms with E-state index in [1.54, 1.807) is 4.90 Å². The molecule has 0 radical (unpaired) electrons. The fraction of sp³-hybridized carbons (Fsp3) is 0.600. The molecule has 1 spiro atoms. The molecule has 0 saturated carbocycles. The third-order valence-electron chi connectivity index (χ3n) is 4.23. The van der Waals surface area contributed by atoms with Crippen molar-refractivity contribution in [1.29, 1.82) is 0 Å². The van der Waals surface area contributed by atoms with E-state index in [0.717, 1.165) is 11.4 Å². The van der Waals surface area contributed by atoms with Crippen molar-refractivity contribution in [2.24, 2.45) is 5.41 Å². The molecule has 0 bridgehead atoms. The molecule has 1 aromatic heterocycles. The van der Waals surface area contributed by atoms with Crippen molar-refractivity contribution in [2.45, 2.75) is 26.7 Å². The van der Waals surface area contributed by atoms with E-state index in [2.05, 4.69) is 4.98 Å². The smallest absolute Gasteiger partial charge is 0.255 e. The van der Waals surface area contributed by atoms with Crippen LogP contribution in [0.3, 0.4) is 0 Å². The Hall–Kier alpha value is -1.43. The molecule has 0 aromatic carbocycles. The van der Waals surface area contributed by atoms with Crippen LogP contribution in [0.1, 0.15) is 41.5 Å². The monoisotopic (exact) mass is 308 g/mol. The average molecular weight is 308 g/mol. The molecule has 6 heteroatoms. The summed E-state index contributed by atoms with van der Waals surface area (Å²) >= 11 is 0. The van der Waals surface area contributed by atoms with Gasteiger partial charge >= 0.3 is 0 Å². The molecule has 2 aliphatic heterocycles. The Morgan fingerprint density at radius 2 is 1.90 bits per heavy atom. The number of amides is 1. The lowest BCUT2D eigenvalue weighted by Gasteiger charge is -2.54. The standard InChI is InChI=1S/C15H20N2O3S/c1-10(2)13-12(5-4-11(3)16-13)14(18)17-6-15(7-17)8-21(19,20)9-15/h4-5,10H,6-9H2,1-3H3. The molecular formula is C15H20N2O3S. The number of hydrogen-bond acceptors (Lipinski definition) is 4. The topological polar surface area (TPSA) is 67.3 Å². The van der Waals surface area contributed by atoms with E-state index < -0.39 is 9.84 Å². The van der Waals surface area contributed by atoms with Gasteiger partial charge < -0.3 is 4.90 Å². The zero-order valence-corrected chi connectivity index (χ0v) is 13.4. The molecular weight excluding hydrogens is 288 g/mol. The quantitative estimate of drug-likeness (QED) is 0.828. The molecule has 2 fully saturated rings. The number of pyridine rings is 1. The summed E-state index contributed by atoms with van der Waals surface area (Å²) in [5.74, 6) is 0.615. The summed E-state index contributed by atoms with van der Waals surface area (Å²) in [7, 11) is -2.84. The number of likely N-dealkylation sites (tertiary alicyclic amines) is 1. The first-order valence-electron chi connectivity index (χ1n) is 7.19. The van der Waals surface area contributed by atoms with Crippen molar-refractivity contribution in [3.05, 3.63) is 29.1 Å². The third kappa shape index (κ3) is 2.46. The zero-order chi connectivity index (χ0) is 15.4. The third-order valence-corrected chi connectivity index (χ3v) is 6.34. The van der Waals surface area contributed by atoms with Crippen molar-refractivity contribution >= 4 is 15.7 Å². The molecule has 3 rings (SSSR count). The number of hydrogen-bond donors (Lipinski definition) is 0. The van der Waals surface area contributed by atoms with Gasteiger partial charge in [0.15, 0.2) is 9.84 Å². The van der Waals surface area contributed by atoms with Gasteiger partial charge in [-0.1, -0.05) is 13.8 Å². The summed E-state index contributed by atoms with van der Waals surface area (Å²) in [6, 6.07) is 3.69. The van der Waals surface area contributed by atoms with Gasteiger partial charge in [0.25, 0.3) is 5.91 Å². The lowest BCUT2D eigenvalue weighted by molar-refractivity contribution is 0.0200. The summed E-state index contributed by atoms with van der Waals surface area (Å²) in [6.45, 7) is 7.06. The molecule has 3 heterocycles. The van der Waals surface area contributed by atoms with Crippen LogP contribution in [0, 0.1) is 12.3 Å². The molecule has 114 valence electrons. The van der Waals surface area contributed by atoms with Gasteiger partial charge in [0.2, 0.25) is 0 Å². The predicted octanol–water partition coefficient (Wildman–Crippen LogP) is 1.38. The van der Waals surface area contributed by atoms with Gasteiger partial charge in [0.05, 0.1) is 22.8 Å². The van der Waals surface area contributed by atoms with Crippen LogP contribution in [0.15, 0.2) is 12.1 Å². The molecule has 2 saturated heterocycles. The Kier molecular flexibility index (Phi) is 3.13. The maximum Gasteiger partial charge on any atom is 0.255 e. The SMILES string of the molecule is Cc1ccc(C(=O)N2CC3(C2)CS(=O)(=O)C3)c(C(C)C)n1. The Morgan fingerprint density at radius 3 is 2.43 bits per heavy atom. The number of sulfone groups is 1. The number of aryl methyl sites for hydroxylation is 1. The molecule has 1 amide bonds. The van der Waals surface area contributed by atoms with Gasteiger partial charge in [-0.25, -0.2) is 8.42 Å². The summed E-state index contributed by atoms with van der Waals surface area (Å²) in [5.41, 5.74) is 2.21. The summed E-state index contributed by atoms with van der Waals surface area (Å²) < 4.78 is 22.6. The van der Waals surface area contributed by atoms with Crippen LogP contribution < -0.4 is 0 Å². The Morgan fingerprint density at radius 1 is 1.29 bits per heavy atom. The van der Waals surface area contributed by atoms with Crippen molar-refractivity contribution < 1.29 is 13.2 Å². The van der Waals surface area contributed by atoms with Crippen molar-refractivity contribution in [3.63, 3.8) is 0 Å². The first kappa shape index (κ1) is 14.5. The second-order valence-electron chi connectivity index (χ2n) is 6.73. The lowest BCUT2D eigenvalue weighted by Crippen LogP contribution is -2.69. The molecule has 5 nitrogen and oxygen atoms in total. The maximum atomic E-state index is 12.6. The van der Waals surface area contributed by atoms with Crippen LogP contribution in [0.2, 0.25) is 0 Å². The van der Waals surface area contributed by atoms with Crippen LogP contribution in [0.25, 0.3) is 0 Å². The highest BCUT2D eigenvalue weighted by molar-refractivity contribution is 7.92. The fourth-order valence-corrected chi connectivity index (χ4v) is 5.50.